The summed E-state index contributed by atoms with van der Waals surface area (Å²) in [6.07, 6.45) is -1.89. The fraction of sp³-hybridized carbons (Fsp3) is 0.167. The molecule has 100 valence electrons. The highest BCUT2D eigenvalue weighted by molar-refractivity contribution is 6.07. The molecule has 3 nitrogen and oxygen atoms in total. The number of halogens is 4. The van der Waals surface area contributed by atoms with Crippen LogP contribution >= 0.6 is 0 Å². The van der Waals surface area contributed by atoms with E-state index in [-0.39, 0.29) is 5.82 Å². The molecule has 2 rings (SSSR count). The van der Waals surface area contributed by atoms with Crippen molar-refractivity contribution in [2.45, 2.75) is 6.18 Å². The maximum Gasteiger partial charge on any atom is 0.416 e. The first-order valence-electron chi connectivity index (χ1n) is 5.19. The average molecular weight is 272 g/mol. The number of carbonyl (C=O) groups excluding carboxylic acids is 1. The van der Waals surface area contributed by atoms with Crippen molar-refractivity contribution in [1.29, 1.82) is 0 Å². The lowest BCUT2D eigenvalue weighted by atomic mass is 10.1. The number of ketones is 1. The number of aromatic nitrogens is 2. The second-order valence-corrected chi connectivity index (χ2v) is 3.88. The first kappa shape index (κ1) is 13.3. The van der Waals surface area contributed by atoms with Gasteiger partial charge in [-0.2, -0.15) is 13.2 Å². The van der Waals surface area contributed by atoms with E-state index in [2.05, 4.69) is 4.98 Å². The number of aryl methyl sites for hydroxylation is 1. The van der Waals surface area contributed by atoms with Gasteiger partial charge in [-0.25, -0.2) is 9.37 Å². The van der Waals surface area contributed by atoms with Gasteiger partial charge in [-0.15, -0.1) is 0 Å². The van der Waals surface area contributed by atoms with Crippen LogP contribution in [0.15, 0.2) is 30.6 Å². The van der Waals surface area contributed by atoms with Gasteiger partial charge in [0.15, 0.2) is 5.82 Å². The summed E-state index contributed by atoms with van der Waals surface area (Å²) in [5, 5.41) is 0. The molecule has 0 bridgehead atoms. The van der Waals surface area contributed by atoms with Crippen molar-refractivity contribution in [3.8, 4) is 0 Å². The third-order valence-corrected chi connectivity index (χ3v) is 2.56. The van der Waals surface area contributed by atoms with Crippen LogP contribution in [0.1, 0.15) is 21.7 Å². The third kappa shape index (κ3) is 2.49. The Hall–Kier alpha value is -2.18. The molecule has 0 atom stereocenters. The Morgan fingerprint density at radius 1 is 1.32 bits per heavy atom. The van der Waals surface area contributed by atoms with Crippen molar-refractivity contribution in [1.82, 2.24) is 9.55 Å². The van der Waals surface area contributed by atoms with E-state index in [9.17, 15) is 22.4 Å². The average Bonchev–Trinajstić information content (AvgIpc) is 2.73. The van der Waals surface area contributed by atoms with Gasteiger partial charge in [0.1, 0.15) is 5.82 Å². The van der Waals surface area contributed by atoms with Gasteiger partial charge < -0.3 is 4.57 Å². The predicted molar refractivity (Wildman–Crippen MR) is 58.0 cm³/mol. The zero-order valence-corrected chi connectivity index (χ0v) is 9.70. The molecule has 7 heteroatoms. The molecule has 0 N–H and O–H groups in total. The first-order valence-corrected chi connectivity index (χ1v) is 5.19. The lowest BCUT2D eigenvalue weighted by Gasteiger charge is -2.09. The molecule has 1 heterocycles. The maximum absolute atomic E-state index is 13.5. The Kier molecular flexibility index (Phi) is 3.13. The minimum atomic E-state index is -4.63. The van der Waals surface area contributed by atoms with E-state index >= 15 is 0 Å². The van der Waals surface area contributed by atoms with Crippen LogP contribution in [0.2, 0.25) is 0 Å². The Labute approximate surface area is 105 Å². The Morgan fingerprint density at radius 3 is 2.53 bits per heavy atom. The highest BCUT2D eigenvalue weighted by Crippen LogP contribution is 2.30. The van der Waals surface area contributed by atoms with Gasteiger partial charge in [-0.05, 0) is 18.2 Å². The van der Waals surface area contributed by atoms with Crippen molar-refractivity contribution >= 4 is 5.78 Å². The smallest absolute Gasteiger partial charge is 0.331 e. The number of hydrogen-bond acceptors (Lipinski definition) is 2. The number of hydrogen-bond donors (Lipinski definition) is 0. The van der Waals surface area contributed by atoms with Crippen molar-refractivity contribution < 1.29 is 22.4 Å². The molecule has 1 aromatic carbocycles. The van der Waals surface area contributed by atoms with Crippen LogP contribution in [-0.2, 0) is 13.2 Å². The summed E-state index contributed by atoms with van der Waals surface area (Å²) in [4.78, 5) is 15.6. The van der Waals surface area contributed by atoms with Crippen molar-refractivity contribution in [2.75, 3.05) is 0 Å². The van der Waals surface area contributed by atoms with E-state index in [0.29, 0.717) is 18.2 Å². The topological polar surface area (TPSA) is 34.9 Å². The molecule has 0 spiro atoms. The Morgan fingerprint density at radius 2 is 2.00 bits per heavy atom. The van der Waals surface area contributed by atoms with Crippen LogP contribution in [0.25, 0.3) is 0 Å². The summed E-state index contributed by atoms with van der Waals surface area (Å²) in [6.45, 7) is 0. The number of rotatable bonds is 2. The van der Waals surface area contributed by atoms with Gasteiger partial charge in [0, 0.05) is 19.4 Å². The second-order valence-electron chi connectivity index (χ2n) is 3.88. The van der Waals surface area contributed by atoms with Gasteiger partial charge in [-0.1, -0.05) is 0 Å². The largest absolute Gasteiger partial charge is 0.416 e. The molecule has 0 radical (unpaired) electrons. The summed E-state index contributed by atoms with van der Waals surface area (Å²) < 4.78 is 52.4. The van der Waals surface area contributed by atoms with Crippen LogP contribution in [0.4, 0.5) is 17.6 Å². The fourth-order valence-corrected chi connectivity index (χ4v) is 1.58. The maximum atomic E-state index is 13.5. The molecule has 0 fully saturated rings. The van der Waals surface area contributed by atoms with Crippen LogP contribution in [0.5, 0.6) is 0 Å². The molecule has 0 aliphatic rings. The van der Waals surface area contributed by atoms with Crippen LogP contribution in [0, 0.1) is 5.82 Å². The number of carbonyl (C=O) groups is 1. The van der Waals surface area contributed by atoms with E-state index in [4.69, 9.17) is 0 Å². The highest BCUT2D eigenvalue weighted by atomic mass is 19.4. The summed E-state index contributed by atoms with van der Waals surface area (Å²) >= 11 is 0. The minimum Gasteiger partial charge on any atom is -0.331 e. The Balaban J connectivity index is 2.51. The molecule has 0 aliphatic carbocycles. The van der Waals surface area contributed by atoms with Gasteiger partial charge in [0.2, 0.25) is 5.78 Å². The zero-order valence-electron chi connectivity index (χ0n) is 9.70. The van der Waals surface area contributed by atoms with Crippen molar-refractivity contribution in [3.63, 3.8) is 0 Å². The van der Waals surface area contributed by atoms with E-state index in [1.165, 1.54) is 24.0 Å². The van der Waals surface area contributed by atoms with Crippen LogP contribution in [-0.4, -0.2) is 15.3 Å². The third-order valence-electron chi connectivity index (χ3n) is 2.56. The van der Waals surface area contributed by atoms with E-state index < -0.39 is 28.9 Å². The molecule has 0 aliphatic heterocycles. The van der Waals surface area contributed by atoms with Crippen LogP contribution < -0.4 is 0 Å². The molecule has 1 aromatic heterocycles. The minimum absolute atomic E-state index is 0.127. The van der Waals surface area contributed by atoms with Crippen molar-refractivity contribution in [3.05, 3.63) is 53.4 Å². The van der Waals surface area contributed by atoms with Gasteiger partial charge in [0.05, 0.1) is 11.1 Å². The number of imidazole rings is 1. The van der Waals surface area contributed by atoms with E-state index in [1.54, 1.807) is 0 Å². The quantitative estimate of drug-likeness (QED) is 0.622. The SMILES string of the molecule is Cn1ccnc1C(=O)c1cc(C(F)(F)F)ccc1F. The molecule has 0 unspecified atom stereocenters. The highest BCUT2D eigenvalue weighted by Gasteiger charge is 2.32. The van der Waals surface area contributed by atoms with E-state index in [1.807, 2.05) is 0 Å². The monoisotopic (exact) mass is 272 g/mol. The lowest BCUT2D eigenvalue weighted by molar-refractivity contribution is -0.137. The molecule has 2 aromatic rings. The zero-order chi connectivity index (χ0) is 14.2. The lowest BCUT2D eigenvalue weighted by Crippen LogP contribution is -2.13. The number of alkyl halides is 3. The molecule has 0 saturated heterocycles. The summed E-state index contributed by atoms with van der Waals surface area (Å²) in [5.74, 6) is -2.03. The molecule has 0 amide bonds. The predicted octanol–water partition coefficient (Wildman–Crippen LogP) is 2.81. The van der Waals surface area contributed by atoms with Crippen molar-refractivity contribution in [2.24, 2.45) is 7.05 Å². The molecule has 0 saturated carbocycles. The summed E-state index contributed by atoms with van der Waals surface area (Å²) in [7, 11) is 1.49. The second kappa shape index (κ2) is 4.49. The fourth-order valence-electron chi connectivity index (χ4n) is 1.58. The normalized spacial score (nSPS) is 11.6. The van der Waals surface area contributed by atoms with Gasteiger partial charge >= 0.3 is 6.18 Å². The summed E-state index contributed by atoms with van der Waals surface area (Å²) in [6, 6.07) is 1.70. The summed E-state index contributed by atoms with van der Waals surface area (Å²) in [5.41, 5.74) is -1.73. The standard InChI is InChI=1S/C12H8F4N2O/c1-18-5-4-17-11(18)10(19)8-6-7(12(14,15)16)2-3-9(8)13/h2-6H,1H3. The van der Waals surface area contributed by atoms with E-state index in [0.717, 1.165) is 0 Å². The van der Waals surface area contributed by atoms with Crippen LogP contribution in [0.3, 0.4) is 0 Å². The van der Waals surface area contributed by atoms with Gasteiger partial charge in [0.25, 0.3) is 0 Å². The molecular formula is C12H8F4N2O. The number of nitrogens with zero attached hydrogens (tertiary/aromatic N) is 2. The van der Waals surface area contributed by atoms with Gasteiger partial charge in [-0.3, -0.25) is 4.79 Å². The molecular weight excluding hydrogens is 264 g/mol. The first-order chi connectivity index (χ1) is 8.80. The number of benzene rings is 1. The molecule has 19 heavy (non-hydrogen) atoms. The Bertz CT molecular complexity index is 631.